The normalized spacial score (nSPS) is 16.3. The summed E-state index contributed by atoms with van der Waals surface area (Å²) in [6, 6.07) is 6.13. The van der Waals surface area contributed by atoms with Crippen molar-refractivity contribution >= 4 is 20.9 Å². The fraction of sp³-hybridized carbons (Fsp3) is 0.579. The van der Waals surface area contributed by atoms with Gasteiger partial charge in [0.05, 0.1) is 5.75 Å². The van der Waals surface area contributed by atoms with Gasteiger partial charge in [-0.3, -0.25) is 0 Å². The van der Waals surface area contributed by atoms with Crippen LogP contribution in [0.2, 0.25) is 0 Å². The van der Waals surface area contributed by atoms with Crippen molar-refractivity contribution in [3.63, 3.8) is 0 Å². The number of sulfonamides is 1. The Kier molecular flexibility index (Phi) is 5.51. The maximum absolute atomic E-state index is 12.6. The number of hydrogen-bond acceptors (Lipinski definition) is 3. The number of rotatable bonds is 7. The zero-order valence-corrected chi connectivity index (χ0v) is 16.3. The summed E-state index contributed by atoms with van der Waals surface area (Å²) < 4.78 is 29.1. The first kappa shape index (κ1) is 18.4. The smallest absolute Gasteiger partial charge is 0.218 e. The highest BCUT2D eigenvalue weighted by Crippen LogP contribution is 2.25. The number of aryl methyl sites for hydroxylation is 1. The zero-order valence-electron chi connectivity index (χ0n) is 15.5. The van der Waals surface area contributed by atoms with Crippen LogP contribution in [0, 0.1) is 0 Å². The van der Waals surface area contributed by atoms with E-state index in [1.807, 2.05) is 6.07 Å². The van der Waals surface area contributed by atoms with E-state index in [1.165, 1.54) is 16.5 Å². The van der Waals surface area contributed by atoms with Crippen LogP contribution in [0.15, 0.2) is 24.4 Å². The Morgan fingerprint density at radius 1 is 1.16 bits per heavy atom. The van der Waals surface area contributed by atoms with Crippen molar-refractivity contribution in [1.29, 1.82) is 0 Å². The topological polar surface area (TPSA) is 45.6 Å². The van der Waals surface area contributed by atoms with Gasteiger partial charge in [0, 0.05) is 43.3 Å². The molecule has 1 aliphatic rings. The molecule has 25 heavy (non-hydrogen) atoms. The van der Waals surface area contributed by atoms with E-state index >= 15 is 0 Å². The van der Waals surface area contributed by atoms with Gasteiger partial charge in [-0.1, -0.05) is 6.07 Å². The molecule has 0 atom stereocenters. The molecule has 0 saturated carbocycles. The van der Waals surface area contributed by atoms with Gasteiger partial charge in [0.25, 0.3) is 0 Å². The Hall–Kier alpha value is -1.37. The fourth-order valence-electron chi connectivity index (χ4n) is 3.58. The van der Waals surface area contributed by atoms with Crippen LogP contribution >= 0.6 is 0 Å². The van der Waals surface area contributed by atoms with Crippen LogP contribution in [0.25, 0.3) is 10.9 Å². The molecule has 1 aromatic heterocycles. The number of aromatic nitrogens is 1. The predicted molar refractivity (Wildman–Crippen MR) is 103 cm³/mol. The van der Waals surface area contributed by atoms with Crippen LogP contribution in [-0.4, -0.2) is 55.9 Å². The summed E-state index contributed by atoms with van der Waals surface area (Å²) in [7, 11) is 0.952. The highest BCUT2D eigenvalue weighted by atomic mass is 32.2. The molecule has 138 valence electrons. The predicted octanol–water partition coefficient (Wildman–Crippen LogP) is 2.69. The Morgan fingerprint density at radius 2 is 1.88 bits per heavy atom. The lowest BCUT2D eigenvalue weighted by Crippen LogP contribution is -2.29. The van der Waals surface area contributed by atoms with Crippen LogP contribution in [0.5, 0.6) is 0 Å². The maximum atomic E-state index is 12.6. The van der Waals surface area contributed by atoms with Crippen LogP contribution in [0.3, 0.4) is 0 Å². The van der Waals surface area contributed by atoms with Gasteiger partial charge in [-0.15, -0.1) is 0 Å². The highest BCUT2D eigenvalue weighted by molar-refractivity contribution is 7.88. The van der Waals surface area contributed by atoms with Crippen LogP contribution < -0.4 is 0 Å². The van der Waals surface area contributed by atoms with Gasteiger partial charge >= 0.3 is 0 Å². The van der Waals surface area contributed by atoms with Crippen molar-refractivity contribution in [1.82, 2.24) is 13.8 Å². The van der Waals surface area contributed by atoms with Crippen molar-refractivity contribution in [2.24, 2.45) is 0 Å². The standard InChI is InChI=1S/C19H29N3O2S/c1-4-21-14-17(9-12-20(2)3)18-13-16(7-8-19(18)21)15-25(23,24)22-10-5-6-11-22/h7-8,13-14H,4-6,9-12,15H2,1-3H3. The Bertz CT molecular complexity index is 834. The maximum Gasteiger partial charge on any atom is 0.218 e. The quantitative estimate of drug-likeness (QED) is 0.760. The van der Waals surface area contributed by atoms with Gasteiger partial charge in [0.15, 0.2) is 0 Å². The van der Waals surface area contributed by atoms with E-state index in [2.05, 4.69) is 48.8 Å². The summed E-state index contributed by atoms with van der Waals surface area (Å²) >= 11 is 0. The summed E-state index contributed by atoms with van der Waals surface area (Å²) in [6.07, 6.45) is 5.14. The van der Waals surface area contributed by atoms with E-state index in [9.17, 15) is 8.42 Å². The van der Waals surface area contributed by atoms with Gasteiger partial charge in [-0.25, -0.2) is 12.7 Å². The lowest BCUT2D eigenvalue weighted by Gasteiger charge is -2.15. The zero-order chi connectivity index (χ0) is 18.0. The number of likely N-dealkylation sites (N-methyl/N-ethyl adjacent to an activating group) is 1. The molecular formula is C19H29N3O2S. The second-order valence-corrected chi connectivity index (χ2v) is 9.18. The molecule has 5 nitrogen and oxygen atoms in total. The lowest BCUT2D eigenvalue weighted by atomic mass is 10.1. The molecule has 0 unspecified atom stereocenters. The molecule has 0 aliphatic carbocycles. The van der Waals surface area contributed by atoms with E-state index in [1.54, 1.807) is 4.31 Å². The van der Waals surface area contributed by atoms with Gasteiger partial charge in [-0.05, 0) is 63.5 Å². The van der Waals surface area contributed by atoms with Crippen molar-refractivity contribution in [3.05, 3.63) is 35.5 Å². The van der Waals surface area contributed by atoms with Crippen molar-refractivity contribution in [2.45, 2.75) is 38.5 Å². The van der Waals surface area contributed by atoms with Gasteiger partial charge in [0.2, 0.25) is 10.0 Å². The largest absolute Gasteiger partial charge is 0.347 e. The fourth-order valence-corrected chi connectivity index (χ4v) is 5.18. The molecule has 6 heteroatoms. The first-order valence-electron chi connectivity index (χ1n) is 9.14. The minimum atomic E-state index is -3.20. The minimum Gasteiger partial charge on any atom is -0.347 e. The first-order valence-corrected chi connectivity index (χ1v) is 10.7. The highest BCUT2D eigenvalue weighted by Gasteiger charge is 2.25. The summed E-state index contributed by atoms with van der Waals surface area (Å²) in [5.41, 5.74) is 3.38. The van der Waals surface area contributed by atoms with E-state index in [4.69, 9.17) is 0 Å². The first-order chi connectivity index (χ1) is 11.9. The number of nitrogens with zero attached hydrogens (tertiary/aromatic N) is 3. The Labute approximate surface area is 151 Å². The summed E-state index contributed by atoms with van der Waals surface area (Å²) in [4.78, 5) is 2.18. The average Bonchev–Trinajstić information content (AvgIpc) is 3.20. The van der Waals surface area contributed by atoms with E-state index in [0.29, 0.717) is 13.1 Å². The Morgan fingerprint density at radius 3 is 2.52 bits per heavy atom. The monoisotopic (exact) mass is 363 g/mol. The lowest BCUT2D eigenvalue weighted by molar-refractivity contribution is 0.414. The third-order valence-electron chi connectivity index (χ3n) is 5.00. The van der Waals surface area contributed by atoms with Crippen LogP contribution in [0.4, 0.5) is 0 Å². The van der Waals surface area contributed by atoms with E-state index < -0.39 is 10.0 Å². The molecule has 1 saturated heterocycles. The van der Waals surface area contributed by atoms with E-state index in [0.717, 1.165) is 37.9 Å². The van der Waals surface area contributed by atoms with Gasteiger partial charge < -0.3 is 9.47 Å². The van der Waals surface area contributed by atoms with Crippen molar-refractivity contribution in [3.8, 4) is 0 Å². The second-order valence-electron chi connectivity index (χ2n) is 7.21. The molecule has 1 aliphatic heterocycles. The third-order valence-corrected chi connectivity index (χ3v) is 6.85. The summed E-state index contributed by atoms with van der Waals surface area (Å²) in [5.74, 6) is 0.105. The second kappa shape index (κ2) is 7.48. The minimum absolute atomic E-state index is 0.105. The third kappa shape index (κ3) is 4.07. The van der Waals surface area contributed by atoms with E-state index in [-0.39, 0.29) is 5.75 Å². The molecule has 3 rings (SSSR count). The molecule has 2 heterocycles. The van der Waals surface area contributed by atoms with Gasteiger partial charge in [-0.2, -0.15) is 0 Å². The molecule has 0 spiro atoms. The summed E-state index contributed by atoms with van der Waals surface area (Å²) in [5, 5.41) is 1.19. The molecule has 0 amide bonds. The molecule has 0 N–H and O–H groups in total. The van der Waals surface area contributed by atoms with Gasteiger partial charge in [0.1, 0.15) is 0 Å². The van der Waals surface area contributed by atoms with Crippen molar-refractivity contribution in [2.75, 3.05) is 33.7 Å². The number of fused-ring (bicyclic) bond motifs is 1. The molecule has 2 aromatic rings. The molecule has 0 bridgehead atoms. The van der Waals surface area contributed by atoms with Crippen LogP contribution in [-0.2, 0) is 28.7 Å². The molecule has 0 radical (unpaired) electrons. The Balaban J connectivity index is 1.91. The number of benzene rings is 1. The SMILES string of the molecule is CCn1cc(CCN(C)C)c2cc(CS(=O)(=O)N3CCCC3)ccc21. The molecule has 1 fully saturated rings. The van der Waals surface area contributed by atoms with Crippen LogP contribution in [0.1, 0.15) is 30.9 Å². The summed E-state index contributed by atoms with van der Waals surface area (Å²) in [6.45, 7) is 5.39. The van der Waals surface area contributed by atoms with Crippen molar-refractivity contribution < 1.29 is 8.42 Å². The average molecular weight is 364 g/mol. The molecule has 1 aromatic carbocycles. The number of hydrogen-bond donors (Lipinski definition) is 0. The molecular weight excluding hydrogens is 334 g/mol.